The van der Waals surface area contributed by atoms with Crippen LogP contribution >= 0.6 is 0 Å². The van der Waals surface area contributed by atoms with Crippen molar-refractivity contribution < 1.29 is 9.90 Å². The Labute approximate surface area is 90.9 Å². The maximum absolute atomic E-state index is 11.2. The van der Waals surface area contributed by atoms with Gasteiger partial charge in [0.2, 0.25) is 0 Å². The first-order valence-corrected chi connectivity index (χ1v) is 5.48. The van der Waals surface area contributed by atoms with Gasteiger partial charge >= 0.3 is 0 Å². The van der Waals surface area contributed by atoms with Crippen molar-refractivity contribution in [1.29, 1.82) is 0 Å². The molecule has 2 nitrogen and oxygen atoms in total. The van der Waals surface area contributed by atoms with Gasteiger partial charge in [0.15, 0.2) is 5.78 Å². The molecule has 0 saturated heterocycles. The van der Waals surface area contributed by atoms with Crippen LogP contribution in [0.25, 0.3) is 0 Å². The van der Waals surface area contributed by atoms with E-state index in [1.807, 2.05) is 0 Å². The largest absolute Gasteiger partial charge is 0.508 e. The van der Waals surface area contributed by atoms with Gasteiger partial charge in [-0.1, -0.05) is 19.8 Å². The van der Waals surface area contributed by atoms with Crippen molar-refractivity contribution in [3.63, 3.8) is 0 Å². The van der Waals surface area contributed by atoms with E-state index in [4.69, 9.17) is 0 Å². The second-order valence-electron chi connectivity index (χ2n) is 3.86. The second kappa shape index (κ2) is 5.54. The lowest BCUT2D eigenvalue weighted by Crippen LogP contribution is -1.95. The van der Waals surface area contributed by atoms with E-state index in [2.05, 4.69) is 6.92 Å². The van der Waals surface area contributed by atoms with Crippen LogP contribution in [0.15, 0.2) is 18.2 Å². The van der Waals surface area contributed by atoms with Crippen molar-refractivity contribution in [2.24, 2.45) is 0 Å². The third kappa shape index (κ3) is 3.39. The molecule has 0 aromatic heterocycles. The van der Waals surface area contributed by atoms with Crippen molar-refractivity contribution in [2.75, 3.05) is 0 Å². The van der Waals surface area contributed by atoms with Gasteiger partial charge in [0.05, 0.1) is 0 Å². The van der Waals surface area contributed by atoms with Crippen LogP contribution < -0.4 is 0 Å². The van der Waals surface area contributed by atoms with Gasteiger partial charge in [-0.2, -0.15) is 0 Å². The van der Waals surface area contributed by atoms with E-state index in [1.54, 1.807) is 25.1 Å². The SMILES string of the molecule is CCCCCc1cc(C(C)=O)ccc1O. The highest BCUT2D eigenvalue weighted by molar-refractivity contribution is 5.94. The maximum atomic E-state index is 11.2. The fourth-order valence-corrected chi connectivity index (χ4v) is 1.57. The van der Waals surface area contributed by atoms with E-state index < -0.39 is 0 Å². The number of unbranched alkanes of at least 4 members (excludes halogenated alkanes) is 2. The molecule has 0 heterocycles. The van der Waals surface area contributed by atoms with Gasteiger partial charge in [-0.25, -0.2) is 0 Å². The molecule has 0 unspecified atom stereocenters. The molecule has 0 atom stereocenters. The number of hydrogen-bond acceptors (Lipinski definition) is 2. The lowest BCUT2D eigenvalue weighted by Gasteiger charge is -2.05. The van der Waals surface area contributed by atoms with Crippen LogP contribution in [0, 0.1) is 0 Å². The molecule has 82 valence electrons. The molecule has 0 fully saturated rings. The van der Waals surface area contributed by atoms with E-state index in [0.717, 1.165) is 31.2 Å². The topological polar surface area (TPSA) is 37.3 Å². The Morgan fingerprint density at radius 1 is 1.33 bits per heavy atom. The highest BCUT2D eigenvalue weighted by Crippen LogP contribution is 2.21. The average Bonchev–Trinajstić information content (AvgIpc) is 2.20. The van der Waals surface area contributed by atoms with Crippen LogP contribution in [0.4, 0.5) is 0 Å². The number of benzene rings is 1. The summed E-state index contributed by atoms with van der Waals surface area (Å²) in [5.74, 6) is 0.350. The van der Waals surface area contributed by atoms with Crippen LogP contribution in [0.2, 0.25) is 0 Å². The Morgan fingerprint density at radius 2 is 2.07 bits per heavy atom. The fraction of sp³-hybridized carbons (Fsp3) is 0.462. The Kier molecular flexibility index (Phi) is 4.35. The molecule has 0 aliphatic carbocycles. The predicted octanol–water partition coefficient (Wildman–Crippen LogP) is 3.33. The number of ketones is 1. The first-order chi connectivity index (χ1) is 7.15. The Balaban J connectivity index is 2.76. The standard InChI is InChI=1S/C13H18O2/c1-3-4-5-6-12-9-11(10(2)14)7-8-13(12)15/h7-9,15H,3-6H2,1-2H3. The molecule has 2 heteroatoms. The van der Waals surface area contributed by atoms with Gasteiger partial charge in [-0.05, 0) is 43.5 Å². The lowest BCUT2D eigenvalue weighted by molar-refractivity contribution is 0.101. The van der Waals surface area contributed by atoms with Crippen LogP contribution in [0.1, 0.15) is 49.0 Å². The van der Waals surface area contributed by atoms with Gasteiger partial charge in [0.25, 0.3) is 0 Å². The third-order valence-corrected chi connectivity index (χ3v) is 2.54. The van der Waals surface area contributed by atoms with Crippen molar-refractivity contribution in [3.8, 4) is 5.75 Å². The van der Waals surface area contributed by atoms with Gasteiger partial charge < -0.3 is 5.11 Å². The van der Waals surface area contributed by atoms with E-state index >= 15 is 0 Å². The number of carbonyl (C=O) groups excluding carboxylic acids is 1. The van der Waals surface area contributed by atoms with Gasteiger partial charge in [0.1, 0.15) is 5.75 Å². The summed E-state index contributed by atoms with van der Waals surface area (Å²) in [5.41, 5.74) is 1.57. The Hall–Kier alpha value is -1.31. The average molecular weight is 206 g/mol. The molecular weight excluding hydrogens is 188 g/mol. The second-order valence-corrected chi connectivity index (χ2v) is 3.86. The molecule has 0 amide bonds. The van der Waals surface area contributed by atoms with Gasteiger partial charge in [-0.15, -0.1) is 0 Å². The first kappa shape index (κ1) is 11.8. The predicted molar refractivity (Wildman–Crippen MR) is 61.3 cm³/mol. The molecule has 0 aliphatic rings. The van der Waals surface area contributed by atoms with Gasteiger partial charge in [-0.3, -0.25) is 4.79 Å². The van der Waals surface area contributed by atoms with E-state index in [-0.39, 0.29) is 5.78 Å². The number of Topliss-reactive ketones (excluding diaryl/α,β-unsaturated/α-hetero) is 1. The summed E-state index contributed by atoms with van der Waals surface area (Å²) in [5, 5.41) is 9.60. The van der Waals surface area contributed by atoms with Crippen LogP contribution in [0.5, 0.6) is 5.75 Å². The Morgan fingerprint density at radius 3 is 2.67 bits per heavy atom. The highest BCUT2D eigenvalue weighted by Gasteiger charge is 2.05. The molecule has 1 rings (SSSR count). The van der Waals surface area contributed by atoms with Crippen molar-refractivity contribution in [3.05, 3.63) is 29.3 Å². The molecule has 0 spiro atoms. The zero-order valence-corrected chi connectivity index (χ0v) is 9.42. The minimum atomic E-state index is 0.0479. The molecule has 0 aliphatic heterocycles. The summed E-state index contributed by atoms with van der Waals surface area (Å²) >= 11 is 0. The maximum Gasteiger partial charge on any atom is 0.159 e. The minimum absolute atomic E-state index is 0.0479. The zero-order valence-electron chi connectivity index (χ0n) is 9.42. The zero-order chi connectivity index (χ0) is 11.3. The van der Waals surface area contributed by atoms with E-state index in [1.165, 1.54) is 0 Å². The third-order valence-electron chi connectivity index (χ3n) is 2.54. The number of rotatable bonds is 5. The van der Waals surface area contributed by atoms with Crippen LogP contribution in [-0.4, -0.2) is 10.9 Å². The molecule has 0 saturated carbocycles. The molecule has 0 bridgehead atoms. The number of aromatic hydroxyl groups is 1. The van der Waals surface area contributed by atoms with Crippen molar-refractivity contribution >= 4 is 5.78 Å². The highest BCUT2D eigenvalue weighted by atomic mass is 16.3. The van der Waals surface area contributed by atoms with E-state index in [9.17, 15) is 9.90 Å². The normalized spacial score (nSPS) is 10.3. The summed E-state index contributed by atoms with van der Waals surface area (Å²) in [4.78, 5) is 11.2. The molecule has 0 radical (unpaired) electrons. The molecule has 15 heavy (non-hydrogen) atoms. The summed E-state index contributed by atoms with van der Waals surface area (Å²) < 4.78 is 0. The molecule has 1 aromatic rings. The van der Waals surface area contributed by atoms with Crippen molar-refractivity contribution in [2.45, 2.75) is 39.5 Å². The number of phenols is 1. The smallest absolute Gasteiger partial charge is 0.159 e. The lowest BCUT2D eigenvalue weighted by atomic mass is 10.0. The molecule has 1 aromatic carbocycles. The summed E-state index contributed by atoms with van der Waals surface area (Å²) in [7, 11) is 0. The quantitative estimate of drug-likeness (QED) is 0.592. The minimum Gasteiger partial charge on any atom is -0.508 e. The summed E-state index contributed by atoms with van der Waals surface area (Å²) in [6.45, 7) is 3.69. The van der Waals surface area contributed by atoms with Crippen molar-refractivity contribution in [1.82, 2.24) is 0 Å². The number of phenolic OH excluding ortho intramolecular Hbond substituents is 1. The summed E-state index contributed by atoms with van der Waals surface area (Å²) in [6.07, 6.45) is 4.23. The monoisotopic (exact) mass is 206 g/mol. The fourth-order valence-electron chi connectivity index (χ4n) is 1.57. The molecule has 1 N–H and O–H groups in total. The molecular formula is C13H18O2. The number of aryl methyl sites for hydroxylation is 1. The summed E-state index contributed by atoms with van der Waals surface area (Å²) in [6, 6.07) is 5.08. The number of carbonyl (C=O) groups is 1. The Bertz CT molecular complexity index is 342. The van der Waals surface area contributed by atoms with Crippen LogP contribution in [0.3, 0.4) is 0 Å². The number of hydrogen-bond donors (Lipinski definition) is 1. The van der Waals surface area contributed by atoms with Crippen LogP contribution in [-0.2, 0) is 6.42 Å². The van der Waals surface area contributed by atoms with Gasteiger partial charge in [0, 0.05) is 5.56 Å². The van der Waals surface area contributed by atoms with E-state index in [0.29, 0.717) is 11.3 Å². The first-order valence-electron chi connectivity index (χ1n) is 5.48.